The van der Waals surface area contributed by atoms with Crippen LogP contribution in [0.15, 0.2) is 60.8 Å². The molecule has 0 heterocycles. The summed E-state index contributed by atoms with van der Waals surface area (Å²) in [6.45, 7) is 2.62. The lowest BCUT2D eigenvalue weighted by Gasteiger charge is -2.20. The molecule has 0 spiro atoms. The molecule has 3 atom stereocenters. The molecule has 0 aliphatic heterocycles. The van der Waals surface area contributed by atoms with Crippen LogP contribution in [-0.2, 0) is 37.5 Å². The summed E-state index contributed by atoms with van der Waals surface area (Å²) >= 11 is 0. The fourth-order valence-corrected chi connectivity index (χ4v) is 6.00. The average molecular weight is 796 g/mol. The summed E-state index contributed by atoms with van der Waals surface area (Å²) in [5, 5.41) is 8.88. The van der Waals surface area contributed by atoms with Crippen molar-refractivity contribution in [2.45, 2.75) is 174 Å². The quantitative estimate of drug-likeness (QED) is 0.0235. The van der Waals surface area contributed by atoms with Gasteiger partial charge in [0.25, 0.3) is 0 Å². The van der Waals surface area contributed by atoms with Crippen LogP contribution in [0.2, 0.25) is 0 Å². The summed E-state index contributed by atoms with van der Waals surface area (Å²) in [5.41, 5.74) is 5.32. The van der Waals surface area contributed by atoms with Crippen molar-refractivity contribution in [2.24, 2.45) is 5.73 Å². The van der Waals surface area contributed by atoms with Crippen molar-refractivity contribution in [1.82, 2.24) is 0 Å². The molecule has 0 aromatic carbocycles. The molecule has 0 aromatic rings. The third kappa shape index (κ3) is 37.9. The van der Waals surface area contributed by atoms with Crippen molar-refractivity contribution < 1.29 is 47.5 Å². The van der Waals surface area contributed by atoms with Crippen LogP contribution >= 0.6 is 7.82 Å². The van der Waals surface area contributed by atoms with Gasteiger partial charge < -0.3 is 25.2 Å². The number of unbranched alkanes of at least 4 members (excludes halogenated alkanes) is 14. The monoisotopic (exact) mass is 796 g/mol. The number of carbonyl (C=O) groups excluding carboxylic acids is 2. The number of phosphoric ester groups is 1. The number of ether oxygens (including phenoxy) is 2. The van der Waals surface area contributed by atoms with Gasteiger partial charge in [-0.1, -0.05) is 132 Å². The molecule has 12 heteroatoms. The van der Waals surface area contributed by atoms with Gasteiger partial charge in [-0.2, -0.15) is 0 Å². The number of rotatable bonds is 38. The number of carboxylic acids is 1. The second kappa shape index (κ2) is 38.1. The van der Waals surface area contributed by atoms with Gasteiger partial charge in [-0.05, 0) is 77.0 Å². The molecule has 0 bridgehead atoms. The highest BCUT2D eigenvalue weighted by molar-refractivity contribution is 7.47. The van der Waals surface area contributed by atoms with E-state index >= 15 is 0 Å². The van der Waals surface area contributed by atoms with Gasteiger partial charge in [0.15, 0.2) is 6.10 Å². The van der Waals surface area contributed by atoms with Crippen LogP contribution in [0.1, 0.15) is 162 Å². The first-order chi connectivity index (χ1) is 26.6. The Balaban J connectivity index is 4.48. The van der Waals surface area contributed by atoms with E-state index in [1.54, 1.807) is 0 Å². The zero-order chi connectivity index (χ0) is 40.7. The maximum Gasteiger partial charge on any atom is 0.472 e. The van der Waals surface area contributed by atoms with Gasteiger partial charge in [-0.15, -0.1) is 0 Å². The Bertz CT molecular complexity index is 1170. The van der Waals surface area contributed by atoms with E-state index in [4.69, 9.17) is 24.8 Å². The molecular formula is C43H74NO10P. The molecule has 0 aromatic heterocycles. The third-order valence-corrected chi connectivity index (χ3v) is 9.45. The number of phosphoric acid groups is 1. The number of esters is 2. The van der Waals surface area contributed by atoms with Gasteiger partial charge in [0.1, 0.15) is 12.6 Å². The van der Waals surface area contributed by atoms with Gasteiger partial charge >= 0.3 is 25.7 Å². The average Bonchev–Trinajstić information content (AvgIpc) is 3.16. The Morgan fingerprint density at radius 1 is 0.582 bits per heavy atom. The summed E-state index contributed by atoms with van der Waals surface area (Å²) in [5.74, 6) is -2.45. The number of carbonyl (C=O) groups is 3. The minimum atomic E-state index is -4.73. The number of hydrogen-bond acceptors (Lipinski definition) is 9. The standard InChI is InChI=1S/C43H74NO10P/c1-3-5-7-9-11-13-15-17-19-21-22-24-26-28-30-32-34-41(45)51-36-39(37-52-55(49,50)53-38-40(44)43(47)48)54-42(46)35-33-31-29-27-25-23-20-18-16-14-12-10-8-6-4-2/h6,8,12,14,18-21,25,27,39-40H,3-5,7,9-11,13,15-17,22-24,26,28-38,44H2,1-2H3,(H,47,48)(H,49,50)/b8-6-,14-12-,20-18-,21-19-,27-25-/t39-,40+/m1/s1. The summed E-state index contributed by atoms with van der Waals surface area (Å²) in [7, 11) is -4.73. The maximum atomic E-state index is 12.6. The van der Waals surface area contributed by atoms with E-state index in [-0.39, 0.29) is 19.4 Å². The first-order valence-corrected chi connectivity index (χ1v) is 22.3. The SMILES string of the molecule is CC/C=C\C/C=C\C/C=C\C/C=C\CCCCC(=O)O[C@H](COC(=O)CCCCCCC/C=C\CCCCCCCCC)COP(=O)(O)OC[C@H](N)C(=O)O. The predicted octanol–water partition coefficient (Wildman–Crippen LogP) is 10.8. The smallest absolute Gasteiger partial charge is 0.472 e. The molecule has 0 amide bonds. The Morgan fingerprint density at radius 2 is 1.02 bits per heavy atom. The molecule has 0 fully saturated rings. The molecular weight excluding hydrogens is 721 g/mol. The zero-order valence-corrected chi connectivity index (χ0v) is 34.9. The second-order valence-electron chi connectivity index (χ2n) is 13.7. The Morgan fingerprint density at radius 3 is 1.58 bits per heavy atom. The summed E-state index contributed by atoms with van der Waals surface area (Å²) in [4.78, 5) is 45.9. The first-order valence-electron chi connectivity index (χ1n) is 20.8. The summed E-state index contributed by atoms with van der Waals surface area (Å²) < 4.78 is 32.6. The van der Waals surface area contributed by atoms with E-state index in [1.807, 2.05) is 0 Å². The zero-order valence-electron chi connectivity index (χ0n) is 34.0. The van der Waals surface area contributed by atoms with Crippen molar-refractivity contribution in [3.05, 3.63) is 60.8 Å². The molecule has 4 N–H and O–H groups in total. The van der Waals surface area contributed by atoms with Crippen LogP contribution in [0.5, 0.6) is 0 Å². The number of aliphatic carboxylic acids is 1. The van der Waals surface area contributed by atoms with Crippen LogP contribution in [0.25, 0.3) is 0 Å². The second-order valence-corrected chi connectivity index (χ2v) is 15.2. The van der Waals surface area contributed by atoms with E-state index in [0.29, 0.717) is 12.8 Å². The highest BCUT2D eigenvalue weighted by Gasteiger charge is 2.28. The Hall–Kier alpha value is -2.82. The molecule has 1 unspecified atom stereocenters. The van der Waals surface area contributed by atoms with Crippen molar-refractivity contribution in [3.63, 3.8) is 0 Å². The Kier molecular flexibility index (Phi) is 36.1. The van der Waals surface area contributed by atoms with Gasteiger partial charge in [0.05, 0.1) is 13.2 Å². The molecule has 0 aliphatic carbocycles. The van der Waals surface area contributed by atoms with E-state index in [1.165, 1.54) is 44.9 Å². The Labute approximate surface area is 332 Å². The van der Waals surface area contributed by atoms with Gasteiger partial charge in [0.2, 0.25) is 0 Å². The molecule has 0 saturated carbocycles. The maximum absolute atomic E-state index is 12.6. The molecule has 55 heavy (non-hydrogen) atoms. The fourth-order valence-electron chi connectivity index (χ4n) is 5.23. The number of carboxylic acid groups (broad SMARTS) is 1. The molecule has 0 radical (unpaired) electrons. The van der Waals surface area contributed by atoms with Crippen LogP contribution in [0, 0.1) is 0 Å². The topological polar surface area (TPSA) is 172 Å². The first kappa shape index (κ1) is 52.2. The van der Waals surface area contributed by atoms with E-state index in [0.717, 1.165) is 77.0 Å². The molecule has 0 saturated heterocycles. The van der Waals surface area contributed by atoms with Crippen molar-refractivity contribution in [1.29, 1.82) is 0 Å². The van der Waals surface area contributed by atoms with Crippen LogP contribution in [0.4, 0.5) is 0 Å². The lowest BCUT2D eigenvalue weighted by Crippen LogP contribution is -2.34. The predicted molar refractivity (Wildman–Crippen MR) is 221 cm³/mol. The minimum Gasteiger partial charge on any atom is -0.480 e. The highest BCUT2D eigenvalue weighted by atomic mass is 31.2. The molecule has 0 rings (SSSR count). The van der Waals surface area contributed by atoms with Gasteiger partial charge in [-0.3, -0.25) is 23.4 Å². The van der Waals surface area contributed by atoms with E-state index in [2.05, 4.69) is 79.1 Å². The number of nitrogens with two attached hydrogens (primary N) is 1. The number of hydrogen-bond donors (Lipinski definition) is 3. The summed E-state index contributed by atoms with van der Waals surface area (Å²) in [6, 6.07) is -1.53. The molecule has 11 nitrogen and oxygen atoms in total. The lowest BCUT2D eigenvalue weighted by molar-refractivity contribution is -0.161. The molecule has 0 aliphatic rings. The number of allylic oxidation sites excluding steroid dienone is 10. The minimum absolute atomic E-state index is 0.105. The molecule has 316 valence electrons. The third-order valence-electron chi connectivity index (χ3n) is 8.50. The van der Waals surface area contributed by atoms with Crippen LogP contribution in [-0.4, -0.2) is 59.9 Å². The lowest BCUT2D eigenvalue weighted by atomic mass is 10.1. The van der Waals surface area contributed by atoms with E-state index in [9.17, 15) is 23.8 Å². The van der Waals surface area contributed by atoms with Crippen molar-refractivity contribution >= 4 is 25.7 Å². The largest absolute Gasteiger partial charge is 0.480 e. The van der Waals surface area contributed by atoms with Crippen molar-refractivity contribution in [2.75, 3.05) is 19.8 Å². The fraction of sp³-hybridized carbons (Fsp3) is 0.698. The van der Waals surface area contributed by atoms with E-state index < -0.39 is 51.1 Å². The van der Waals surface area contributed by atoms with Crippen LogP contribution < -0.4 is 5.73 Å². The van der Waals surface area contributed by atoms with Gasteiger partial charge in [0, 0.05) is 12.8 Å². The highest BCUT2D eigenvalue weighted by Crippen LogP contribution is 2.43. The van der Waals surface area contributed by atoms with Gasteiger partial charge in [-0.25, -0.2) is 4.57 Å². The normalized spacial score (nSPS) is 14.4. The van der Waals surface area contributed by atoms with Crippen molar-refractivity contribution in [3.8, 4) is 0 Å². The summed E-state index contributed by atoms with van der Waals surface area (Å²) in [6.07, 6.45) is 42.9. The van der Waals surface area contributed by atoms with Crippen LogP contribution in [0.3, 0.4) is 0 Å².